The number of Topliss-reactive ketones (excluding diaryl/α,β-unsaturated/α-hetero) is 1. The first-order valence-electron chi connectivity index (χ1n) is 8.77. The maximum Gasteiger partial charge on any atom is 0.162 e. The Morgan fingerprint density at radius 1 is 1.12 bits per heavy atom. The van der Waals surface area contributed by atoms with Crippen LogP contribution in [-0.4, -0.2) is 11.5 Å². The average molecular weight is 323 g/mol. The molecule has 2 aromatic rings. The second kappa shape index (κ2) is 8.58. The summed E-state index contributed by atoms with van der Waals surface area (Å²) < 4.78 is 0. The van der Waals surface area contributed by atoms with Gasteiger partial charge in [-0.1, -0.05) is 55.8 Å². The van der Waals surface area contributed by atoms with Gasteiger partial charge >= 0.3 is 0 Å². The van der Waals surface area contributed by atoms with Crippen molar-refractivity contribution >= 4 is 11.5 Å². The van der Waals surface area contributed by atoms with Gasteiger partial charge in [-0.15, -0.1) is 0 Å². The molecule has 2 rings (SSSR count). The summed E-state index contributed by atoms with van der Waals surface area (Å²) in [5.41, 5.74) is 4.48. The predicted octanol–water partition coefficient (Wildman–Crippen LogP) is 6.18. The molecule has 0 heterocycles. The Morgan fingerprint density at radius 3 is 2.46 bits per heavy atom. The Bertz CT molecular complexity index is 709. The molecule has 0 aliphatic heterocycles. The van der Waals surface area contributed by atoms with E-state index in [0.717, 1.165) is 36.0 Å². The van der Waals surface area contributed by atoms with Gasteiger partial charge < -0.3 is 5.41 Å². The third kappa shape index (κ3) is 4.64. The third-order valence-corrected chi connectivity index (χ3v) is 4.59. The van der Waals surface area contributed by atoms with Crippen LogP contribution in [0.5, 0.6) is 0 Å². The summed E-state index contributed by atoms with van der Waals surface area (Å²) >= 11 is 0. The second-order valence-corrected chi connectivity index (χ2v) is 6.51. The molecule has 1 atom stereocenters. The summed E-state index contributed by atoms with van der Waals surface area (Å²) in [5.74, 6) is 0.615. The molecule has 0 saturated carbocycles. The zero-order valence-corrected chi connectivity index (χ0v) is 14.9. The van der Waals surface area contributed by atoms with Crippen LogP contribution in [0, 0.1) is 12.3 Å². The van der Waals surface area contributed by atoms with Crippen molar-refractivity contribution in [3.63, 3.8) is 0 Å². The lowest BCUT2D eigenvalue weighted by molar-refractivity contribution is 0.0977. The topological polar surface area (TPSA) is 40.9 Å². The van der Waals surface area contributed by atoms with E-state index >= 15 is 0 Å². The van der Waals surface area contributed by atoms with Gasteiger partial charge in [0.25, 0.3) is 0 Å². The van der Waals surface area contributed by atoms with E-state index in [4.69, 9.17) is 5.41 Å². The summed E-state index contributed by atoms with van der Waals surface area (Å²) in [7, 11) is 0. The maximum absolute atomic E-state index is 12.6. The van der Waals surface area contributed by atoms with Crippen molar-refractivity contribution < 1.29 is 6.22 Å². The van der Waals surface area contributed by atoms with Crippen molar-refractivity contribution in [2.24, 2.45) is 0 Å². The minimum absolute atomic E-state index is 0. The lowest BCUT2D eigenvalue weighted by Gasteiger charge is -2.16. The fourth-order valence-electron chi connectivity index (χ4n) is 3.20. The molecule has 0 bridgehead atoms. The molecule has 2 heteroatoms. The summed E-state index contributed by atoms with van der Waals surface area (Å²) in [6, 6.07) is 16.2. The Kier molecular flexibility index (Phi) is 6.48. The average Bonchev–Trinajstić information content (AvgIpc) is 2.59. The third-order valence-electron chi connectivity index (χ3n) is 4.59. The highest BCUT2D eigenvalue weighted by atomic mass is 16.1. The van der Waals surface area contributed by atoms with Gasteiger partial charge in [0.2, 0.25) is 0 Å². The Labute approximate surface area is 146 Å². The fraction of sp³-hybridized carbons (Fsp3) is 0.364. The number of nitrogens with one attached hydrogen (secondary N) is 1. The molecule has 2 aromatic carbocycles. The summed E-state index contributed by atoms with van der Waals surface area (Å²) in [6.07, 6.45) is 3.66. The van der Waals surface area contributed by atoms with E-state index in [2.05, 4.69) is 31.2 Å². The van der Waals surface area contributed by atoms with Crippen molar-refractivity contribution in [2.75, 3.05) is 0 Å². The number of hydrogen-bond acceptors (Lipinski definition) is 2. The molecule has 0 aliphatic carbocycles. The summed E-state index contributed by atoms with van der Waals surface area (Å²) in [6.45, 7) is 5.94. The van der Waals surface area contributed by atoms with Gasteiger partial charge in [-0.05, 0) is 55.4 Å². The quantitative estimate of drug-likeness (QED) is 0.457. The van der Waals surface area contributed by atoms with Gasteiger partial charge in [0.1, 0.15) is 0 Å². The number of rotatable bonds is 8. The van der Waals surface area contributed by atoms with E-state index in [-0.39, 0.29) is 7.21 Å². The van der Waals surface area contributed by atoms with E-state index in [1.807, 2.05) is 31.2 Å². The Balaban J connectivity index is 0.00000312. The molecule has 24 heavy (non-hydrogen) atoms. The van der Waals surface area contributed by atoms with Gasteiger partial charge in [0.15, 0.2) is 5.78 Å². The molecule has 0 aliphatic rings. The lowest BCUT2D eigenvalue weighted by atomic mass is 9.88. The molecule has 2 nitrogen and oxygen atoms in total. The first-order chi connectivity index (χ1) is 11.5. The minimum Gasteiger partial charge on any atom is -0.305 e. The molecule has 0 amide bonds. The number of hydrogen-bond donors (Lipinski definition) is 1. The number of carbonyl (C=O) groups is 1. The standard InChI is InChI=1S/C22H27NO.H2/c1-4-8-18(19-9-6-5-7-10-19)13-14-22(24)20-12-11-16(2)21(15-20)17(3)23;/h5-7,9-12,15,18,23H,4,8,13-14H2,1-3H3;1H. The second-order valence-electron chi connectivity index (χ2n) is 6.51. The van der Waals surface area contributed by atoms with Crippen molar-refractivity contribution in [1.29, 1.82) is 5.41 Å². The highest BCUT2D eigenvalue weighted by Crippen LogP contribution is 2.27. The highest BCUT2D eigenvalue weighted by molar-refractivity contribution is 6.02. The monoisotopic (exact) mass is 323 g/mol. The molecular formula is C22H29NO. The van der Waals surface area contributed by atoms with Gasteiger partial charge in [-0.2, -0.15) is 0 Å². The highest BCUT2D eigenvalue weighted by Gasteiger charge is 2.15. The lowest BCUT2D eigenvalue weighted by Crippen LogP contribution is -2.06. The van der Waals surface area contributed by atoms with Crippen LogP contribution in [-0.2, 0) is 0 Å². The number of benzene rings is 2. The zero-order valence-electron chi connectivity index (χ0n) is 14.9. The maximum atomic E-state index is 12.6. The van der Waals surface area contributed by atoms with Crippen LogP contribution in [0.3, 0.4) is 0 Å². The molecular weight excluding hydrogens is 294 g/mol. The van der Waals surface area contributed by atoms with E-state index < -0.39 is 0 Å². The van der Waals surface area contributed by atoms with E-state index in [0.29, 0.717) is 18.1 Å². The molecule has 128 valence electrons. The number of carbonyl (C=O) groups excluding carboxylic acids is 1. The minimum atomic E-state index is 0. The zero-order chi connectivity index (χ0) is 17.5. The SMILES string of the molecule is CCCC(CCC(=O)c1ccc(C)c(C(C)=N)c1)c1ccccc1.[HH]. The molecule has 0 spiro atoms. The van der Waals surface area contributed by atoms with Crippen LogP contribution in [0.15, 0.2) is 48.5 Å². The Hall–Kier alpha value is -2.22. The van der Waals surface area contributed by atoms with Gasteiger partial charge in [0.05, 0.1) is 0 Å². The van der Waals surface area contributed by atoms with Gasteiger partial charge in [-0.25, -0.2) is 0 Å². The molecule has 0 saturated heterocycles. The van der Waals surface area contributed by atoms with Gasteiger partial charge in [0, 0.05) is 19.1 Å². The molecule has 1 unspecified atom stereocenters. The molecule has 0 aromatic heterocycles. The van der Waals surface area contributed by atoms with Gasteiger partial charge in [-0.3, -0.25) is 4.79 Å². The van der Waals surface area contributed by atoms with Crippen molar-refractivity contribution in [3.8, 4) is 0 Å². The van der Waals surface area contributed by atoms with Crippen molar-refractivity contribution in [1.82, 2.24) is 0 Å². The van der Waals surface area contributed by atoms with Crippen LogP contribution in [0.25, 0.3) is 0 Å². The number of aryl methyl sites for hydroxylation is 1. The summed E-state index contributed by atoms with van der Waals surface area (Å²) in [5, 5.41) is 7.84. The molecule has 1 N–H and O–H groups in total. The van der Waals surface area contributed by atoms with Crippen LogP contribution in [0.4, 0.5) is 0 Å². The molecule has 0 fully saturated rings. The van der Waals surface area contributed by atoms with Crippen LogP contribution in [0.2, 0.25) is 0 Å². The van der Waals surface area contributed by atoms with Crippen molar-refractivity contribution in [2.45, 2.75) is 52.4 Å². The Morgan fingerprint density at radius 2 is 1.83 bits per heavy atom. The van der Waals surface area contributed by atoms with E-state index in [1.54, 1.807) is 6.92 Å². The largest absolute Gasteiger partial charge is 0.305 e. The van der Waals surface area contributed by atoms with Crippen LogP contribution in [0.1, 0.15) is 73.9 Å². The molecule has 0 radical (unpaired) electrons. The first-order valence-corrected chi connectivity index (χ1v) is 8.77. The van der Waals surface area contributed by atoms with E-state index in [9.17, 15) is 4.79 Å². The number of ketones is 1. The fourth-order valence-corrected chi connectivity index (χ4v) is 3.20. The first kappa shape index (κ1) is 18.1. The summed E-state index contributed by atoms with van der Waals surface area (Å²) in [4.78, 5) is 12.6. The van der Waals surface area contributed by atoms with Crippen LogP contribution < -0.4 is 0 Å². The normalized spacial score (nSPS) is 12.0. The van der Waals surface area contributed by atoms with Crippen molar-refractivity contribution in [3.05, 3.63) is 70.8 Å². The predicted molar refractivity (Wildman–Crippen MR) is 103 cm³/mol. The smallest absolute Gasteiger partial charge is 0.162 e. The van der Waals surface area contributed by atoms with E-state index in [1.165, 1.54) is 5.56 Å². The van der Waals surface area contributed by atoms with Crippen LogP contribution >= 0.6 is 0 Å².